The topological polar surface area (TPSA) is 93.2 Å². The molecular weight excluding hydrogens is 396 g/mol. The molecule has 0 saturated carbocycles. The van der Waals surface area contributed by atoms with E-state index in [1.54, 1.807) is 42.5 Å². The number of carbonyl (C=O) groups is 2. The lowest BCUT2D eigenvalue weighted by Crippen LogP contribution is -2.47. The first-order chi connectivity index (χ1) is 13.8. The number of hydrogen-bond acceptors (Lipinski definition) is 6. The van der Waals surface area contributed by atoms with Crippen LogP contribution >= 0.6 is 0 Å². The molecule has 0 aromatic heterocycles. The number of amides is 1. The fourth-order valence-corrected chi connectivity index (χ4v) is 4.64. The summed E-state index contributed by atoms with van der Waals surface area (Å²) in [7, 11) is -2.09. The molecule has 0 spiro atoms. The van der Waals surface area contributed by atoms with Crippen LogP contribution in [0, 0.1) is 0 Å². The smallest absolute Gasteiger partial charge is 0.348 e. The minimum absolute atomic E-state index is 0.0229. The van der Waals surface area contributed by atoms with Crippen LogP contribution in [-0.2, 0) is 26.0 Å². The van der Waals surface area contributed by atoms with Gasteiger partial charge in [0.15, 0.2) is 0 Å². The molecule has 0 unspecified atom stereocenters. The fraction of sp³-hybridized carbons (Fsp3) is 0.300. The highest BCUT2D eigenvalue weighted by molar-refractivity contribution is 7.92. The first-order valence-corrected chi connectivity index (χ1v) is 10.9. The van der Waals surface area contributed by atoms with Gasteiger partial charge in [0, 0.05) is 12.1 Å². The second-order valence-electron chi connectivity index (χ2n) is 6.94. The Morgan fingerprint density at radius 1 is 1.14 bits per heavy atom. The second kappa shape index (κ2) is 7.07. The summed E-state index contributed by atoms with van der Waals surface area (Å²) in [5, 5.41) is 0. The van der Waals surface area contributed by atoms with Crippen LogP contribution in [0.25, 0.3) is 0 Å². The van der Waals surface area contributed by atoms with Gasteiger partial charge in [-0.2, -0.15) is 0 Å². The molecule has 0 radical (unpaired) electrons. The van der Waals surface area contributed by atoms with Crippen LogP contribution in [0.15, 0.2) is 42.5 Å². The van der Waals surface area contributed by atoms with Crippen molar-refractivity contribution >= 4 is 33.3 Å². The number of methoxy groups -OCH3 is 1. The highest BCUT2D eigenvalue weighted by Gasteiger charge is 2.35. The number of rotatable bonds is 3. The Labute approximate surface area is 168 Å². The van der Waals surface area contributed by atoms with E-state index in [1.165, 1.54) is 22.6 Å². The molecule has 2 aromatic carbocycles. The summed E-state index contributed by atoms with van der Waals surface area (Å²) in [6.07, 6.45) is 0.779. The minimum Gasteiger partial charge on any atom is -0.475 e. The normalized spacial score (nSPS) is 17.9. The third kappa shape index (κ3) is 3.42. The Morgan fingerprint density at radius 2 is 1.90 bits per heavy atom. The first kappa shape index (κ1) is 19.3. The zero-order valence-electron chi connectivity index (χ0n) is 16.0. The van der Waals surface area contributed by atoms with Crippen LogP contribution in [-0.4, -0.2) is 52.9 Å². The average molecular weight is 416 g/mol. The number of nitrogens with zero attached hydrogens (tertiary/aromatic N) is 2. The second-order valence-corrected chi connectivity index (χ2v) is 8.85. The van der Waals surface area contributed by atoms with Gasteiger partial charge in [-0.3, -0.25) is 9.10 Å². The number of anilines is 2. The van der Waals surface area contributed by atoms with E-state index >= 15 is 0 Å². The molecule has 4 rings (SSSR count). The zero-order valence-corrected chi connectivity index (χ0v) is 16.8. The van der Waals surface area contributed by atoms with Gasteiger partial charge in [0.05, 0.1) is 31.3 Å². The number of sulfonamides is 1. The maximum absolute atomic E-state index is 13.3. The van der Waals surface area contributed by atoms with Gasteiger partial charge in [-0.25, -0.2) is 13.2 Å². The minimum atomic E-state index is -3.36. The van der Waals surface area contributed by atoms with E-state index in [2.05, 4.69) is 0 Å². The van der Waals surface area contributed by atoms with Gasteiger partial charge in [0.1, 0.15) is 5.75 Å². The molecule has 2 aliphatic rings. The molecule has 0 bridgehead atoms. The molecule has 0 saturated heterocycles. The van der Waals surface area contributed by atoms with E-state index < -0.39 is 22.1 Å². The van der Waals surface area contributed by atoms with Crippen molar-refractivity contribution in [1.82, 2.24) is 0 Å². The Kier molecular flexibility index (Phi) is 4.70. The molecule has 2 aromatic rings. The lowest BCUT2D eigenvalue weighted by atomic mass is 10.1. The standard InChI is InChI=1S/C20H20N2O6S/c1-27-20(24)18-12-21(16-5-3-4-6-17(16)28-18)19(23)14-7-8-15-13(11-14)9-10-22(15)29(2,25)26/h3-8,11,18H,9-10,12H2,1-2H3/t18-/m0/s1. The molecular formula is C20H20N2O6S. The van der Waals surface area contributed by atoms with Crippen molar-refractivity contribution in [3.63, 3.8) is 0 Å². The van der Waals surface area contributed by atoms with Crippen molar-refractivity contribution in [1.29, 1.82) is 0 Å². The van der Waals surface area contributed by atoms with Crippen molar-refractivity contribution in [2.75, 3.05) is 35.7 Å². The third-order valence-electron chi connectivity index (χ3n) is 5.06. The molecule has 29 heavy (non-hydrogen) atoms. The molecule has 8 nitrogen and oxygen atoms in total. The number of esters is 1. The molecule has 152 valence electrons. The lowest BCUT2D eigenvalue weighted by Gasteiger charge is -2.33. The van der Waals surface area contributed by atoms with Gasteiger partial charge in [-0.05, 0) is 42.3 Å². The van der Waals surface area contributed by atoms with Gasteiger partial charge in [0.25, 0.3) is 5.91 Å². The molecule has 1 atom stereocenters. The van der Waals surface area contributed by atoms with Crippen molar-refractivity contribution in [2.24, 2.45) is 0 Å². The average Bonchev–Trinajstić information content (AvgIpc) is 3.15. The highest BCUT2D eigenvalue weighted by Crippen LogP contribution is 2.36. The van der Waals surface area contributed by atoms with E-state index in [-0.39, 0.29) is 12.5 Å². The van der Waals surface area contributed by atoms with Crippen LogP contribution in [0.5, 0.6) is 5.75 Å². The summed E-state index contributed by atoms with van der Waals surface area (Å²) < 4.78 is 35.6. The highest BCUT2D eigenvalue weighted by atomic mass is 32.2. The SMILES string of the molecule is COC(=O)[C@@H]1CN(C(=O)c2ccc3c(c2)CCN3S(C)(=O)=O)c2ccccc2O1. The zero-order chi connectivity index (χ0) is 20.8. The number of para-hydroxylation sites is 2. The van der Waals surface area contributed by atoms with Crippen LogP contribution in [0.3, 0.4) is 0 Å². The molecule has 1 amide bonds. The molecule has 0 fully saturated rings. The van der Waals surface area contributed by atoms with Crippen molar-refractivity contribution in [2.45, 2.75) is 12.5 Å². The fourth-order valence-electron chi connectivity index (χ4n) is 3.69. The van der Waals surface area contributed by atoms with Crippen LogP contribution < -0.4 is 13.9 Å². The summed E-state index contributed by atoms with van der Waals surface area (Å²) in [4.78, 5) is 26.8. The Hall–Kier alpha value is -3.07. The maximum atomic E-state index is 13.3. The van der Waals surface area contributed by atoms with E-state index in [1.807, 2.05) is 0 Å². The first-order valence-electron chi connectivity index (χ1n) is 9.05. The predicted molar refractivity (Wildman–Crippen MR) is 107 cm³/mol. The third-order valence-corrected chi connectivity index (χ3v) is 6.24. The molecule has 9 heteroatoms. The van der Waals surface area contributed by atoms with Crippen molar-refractivity contribution in [3.05, 3.63) is 53.6 Å². The van der Waals surface area contributed by atoms with Gasteiger partial charge in [-0.15, -0.1) is 0 Å². The summed E-state index contributed by atoms with van der Waals surface area (Å²) in [6, 6.07) is 12.0. The predicted octanol–water partition coefficient (Wildman–Crippen LogP) is 1.59. The molecule has 2 heterocycles. The monoisotopic (exact) mass is 416 g/mol. The van der Waals surface area contributed by atoms with E-state index in [9.17, 15) is 18.0 Å². The molecule has 2 aliphatic heterocycles. The lowest BCUT2D eigenvalue weighted by molar-refractivity contribution is -0.148. The molecule has 0 N–H and O–H groups in total. The summed E-state index contributed by atoms with van der Waals surface area (Å²) in [6.45, 7) is 0.381. The Bertz CT molecular complexity index is 1100. The van der Waals surface area contributed by atoms with Crippen molar-refractivity contribution < 1.29 is 27.5 Å². The van der Waals surface area contributed by atoms with Crippen LogP contribution in [0.2, 0.25) is 0 Å². The van der Waals surface area contributed by atoms with Crippen LogP contribution in [0.4, 0.5) is 11.4 Å². The van der Waals surface area contributed by atoms with Gasteiger partial charge in [-0.1, -0.05) is 12.1 Å². The quantitative estimate of drug-likeness (QED) is 0.706. The summed E-state index contributed by atoms with van der Waals surface area (Å²) >= 11 is 0. The number of benzene rings is 2. The Morgan fingerprint density at radius 3 is 2.62 bits per heavy atom. The van der Waals surface area contributed by atoms with E-state index in [0.29, 0.717) is 35.7 Å². The Balaban J connectivity index is 1.68. The van der Waals surface area contributed by atoms with E-state index in [0.717, 1.165) is 5.56 Å². The molecule has 0 aliphatic carbocycles. The summed E-state index contributed by atoms with van der Waals surface area (Å²) in [5.41, 5.74) is 2.38. The van der Waals surface area contributed by atoms with Crippen molar-refractivity contribution in [3.8, 4) is 5.75 Å². The number of fused-ring (bicyclic) bond motifs is 2. The number of ether oxygens (including phenoxy) is 2. The van der Waals surface area contributed by atoms with Gasteiger partial charge in [0.2, 0.25) is 16.1 Å². The van der Waals surface area contributed by atoms with Crippen LogP contribution in [0.1, 0.15) is 15.9 Å². The number of carbonyl (C=O) groups excluding carboxylic acids is 2. The maximum Gasteiger partial charge on any atom is 0.348 e. The van der Waals surface area contributed by atoms with Gasteiger partial charge >= 0.3 is 5.97 Å². The van der Waals surface area contributed by atoms with E-state index in [4.69, 9.17) is 9.47 Å². The van der Waals surface area contributed by atoms with Gasteiger partial charge < -0.3 is 14.4 Å². The largest absolute Gasteiger partial charge is 0.475 e. The number of hydrogen-bond donors (Lipinski definition) is 0. The summed E-state index contributed by atoms with van der Waals surface area (Å²) in [5.74, 6) is -0.433.